The topological polar surface area (TPSA) is 123 Å². The lowest BCUT2D eigenvalue weighted by molar-refractivity contribution is 0.0526. The zero-order valence-corrected chi connectivity index (χ0v) is 17.5. The van der Waals surface area contributed by atoms with E-state index in [9.17, 15) is 14.7 Å². The summed E-state index contributed by atoms with van der Waals surface area (Å²) in [7, 11) is 1.41. The molecule has 3 aromatic rings. The van der Waals surface area contributed by atoms with Gasteiger partial charge in [-0.25, -0.2) is 9.59 Å². The summed E-state index contributed by atoms with van der Waals surface area (Å²) in [5.74, 6) is -0.363. The molecule has 0 aliphatic heterocycles. The first kappa shape index (κ1) is 21.3. The molecule has 11 heteroatoms. The van der Waals surface area contributed by atoms with Crippen molar-refractivity contribution < 1.29 is 24.2 Å². The van der Waals surface area contributed by atoms with E-state index >= 15 is 0 Å². The summed E-state index contributed by atoms with van der Waals surface area (Å²) < 4.78 is 9.99. The van der Waals surface area contributed by atoms with Crippen LogP contribution >= 0.6 is 22.9 Å². The fourth-order valence-corrected chi connectivity index (χ4v) is 3.40. The normalized spacial score (nSPS) is 10.4. The van der Waals surface area contributed by atoms with E-state index in [4.69, 9.17) is 21.1 Å². The van der Waals surface area contributed by atoms with E-state index in [1.54, 1.807) is 31.2 Å². The number of phenols is 1. The fraction of sp³-hybridized carbons (Fsp3) is 0.158. The third kappa shape index (κ3) is 4.97. The number of amides is 2. The van der Waals surface area contributed by atoms with Gasteiger partial charge in [0.1, 0.15) is 0 Å². The second-order valence-electron chi connectivity index (χ2n) is 5.79. The molecule has 0 atom stereocenters. The number of benzene rings is 2. The average molecular weight is 449 g/mol. The monoisotopic (exact) mass is 448 g/mol. The number of hydrogen-bond acceptors (Lipinski definition) is 8. The lowest BCUT2D eigenvalue weighted by Crippen LogP contribution is -2.19. The van der Waals surface area contributed by atoms with Gasteiger partial charge in [0.2, 0.25) is 5.13 Å². The second kappa shape index (κ2) is 9.42. The summed E-state index contributed by atoms with van der Waals surface area (Å²) in [6, 6.07) is 8.70. The first-order valence-electron chi connectivity index (χ1n) is 8.66. The number of methoxy groups -OCH3 is 1. The molecule has 0 aliphatic carbocycles. The largest absolute Gasteiger partial charge is 0.504 e. The molecule has 0 radical (unpaired) electrons. The smallest absolute Gasteiger partial charge is 0.338 e. The number of nitrogens with one attached hydrogen (secondary N) is 2. The Labute approximate surface area is 180 Å². The Bertz CT molecular complexity index is 1070. The number of ether oxygens (including phenoxy) is 2. The van der Waals surface area contributed by atoms with Crippen LogP contribution in [-0.4, -0.2) is 41.0 Å². The molecule has 0 aliphatic rings. The Kier molecular flexibility index (Phi) is 6.70. The van der Waals surface area contributed by atoms with Crippen molar-refractivity contribution in [2.24, 2.45) is 0 Å². The van der Waals surface area contributed by atoms with Gasteiger partial charge < -0.3 is 19.9 Å². The van der Waals surface area contributed by atoms with E-state index in [-0.39, 0.29) is 23.2 Å². The number of urea groups is 1. The van der Waals surface area contributed by atoms with Gasteiger partial charge in [0.25, 0.3) is 0 Å². The van der Waals surface area contributed by atoms with E-state index in [1.165, 1.54) is 19.2 Å². The van der Waals surface area contributed by atoms with Crippen LogP contribution in [0.15, 0.2) is 36.4 Å². The lowest BCUT2D eigenvalue weighted by atomic mass is 10.2. The van der Waals surface area contributed by atoms with Gasteiger partial charge in [-0.15, -0.1) is 10.2 Å². The molecule has 9 nitrogen and oxygen atoms in total. The average Bonchev–Trinajstić information content (AvgIpc) is 3.18. The van der Waals surface area contributed by atoms with Crippen LogP contribution in [0.25, 0.3) is 10.6 Å². The van der Waals surface area contributed by atoms with Crippen molar-refractivity contribution in [2.45, 2.75) is 6.92 Å². The highest BCUT2D eigenvalue weighted by Crippen LogP contribution is 2.41. The maximum Gasteiger partial charge on any atom is 0.338 e. The zero-order chi connectivity index (χ0) is 21.7. The maximum atomic E-state index is 12.2. The van der Waals surface area contributed by atoms with Crippen LogP contribution in [0.3, 0.4) is 0 Å². The molecule has 0 bridgehead atoms. The molecule has 2 amide bonds. The Hall–Kier alpha value is -3.37. The van der Waals surface area contributed by atoms with Gasteiger partial charge in [-0.05, 0) is 37.3 Å². The Morgan fingerprint density at radius 3 is 2.57 bits per heavy atom. The van der Waals surface area contributed by atoms with Gasteiger partial charge in [0.05, 0.1) is 24.8 Å². The summed E-state index contributed by atoms with van der Waals surface area (Å²) in [6.07, 6.45) is 0. The van der Waals surface area contributed by atoms with E-state index in [0.717, 1.165) is 11.3 Å². The van der Waals surface area contributed by atoms with Crippen LogP contribution in [0.1, 0.15) is 17.3 Å². The van der Waals surface area contributed by atoms with Gasteiger partial charge in [-0.1, -0.05) is 22.9 Å². The molecule has 3 rings (SSSR count). The highest BCUT2D eigenvalue weighted by molar-refractivity contribution is 7.18. The summed E-state index contributed by atoms with van der Waals surface area (Å²) >= 11 is 7.09. The molecule has 156 valence electrons. The van der Waals surface area contributed by atoms with Crippen LogP contribution in [0.2, 0.25) is 5.02 Å². The zero-order valence-electron chi connectivity index (χ0n) is 15.9. The number of hydrogen-bond donors (Lipinski definition) is 3. The molecular formula is C19H17ClN4O5S. The van der Waals surface area contributed by atoms with Crippen molar-refractivity contribution >= 4 is 45.8 Å². The van der Waals surface area contributed by atoms with E-state index in [0.29, 0.717) is 26.8 Å². The van der Waals surface area contributed by atoms with Gasteiger partial charge in [0, 0.05) is 16.8 Å². The third-order valence-electron chi connectivity index (χ3n) is 3.79. The second-order valence-corrected chi connectivity index (χ2v) is 7.21. The number of carbonyl (C=O) groups is 2. The van der Waals surface area contributed by atoms with Crippen molar-refractivity contribution in [3.05, 3.63) is 47.0 Å². The summed E-state index contributed by atoms with van der Waals surface area (Å²) in [5.41, 5.74) is 1.19. The van der Waals surface area contributed by atoms with Gasteiger partial charge in [0.15, 0.2) is 16.5 Å². The highest BCUT2D eigenvalue weighted by atomic mass is 35.5. The van der Waals surface area contributed by atoms with Gasteiger partial charge in [-0.2, -0.15) is 0 Å². The number of aromatic nitrogens is 2. The number of nitrogens with zero attached hydrogens (tertiary/aromatic N) is 2. The van der Waals surface area contributed by atoms with Crippen molar-refractivity contribution in [3.8, 4) is 22.1 Å². The molecular weight excluding hydrogens is 432 g/mol. The van der Waals surface area contributed by atoms with Crippen molar-refractivity contribution in [2.75, 3.05) is 24.4 Å². The molecule has 0 saturated heterocycles. The van der Waals surface area contributed by atoms with Gasteiger partial charge >= 0.3 is 12.0 Å². The first-order valence-corrected chi connectivity index (χ1v) is 9.86. The molecule has 0 unspecified atom stereocenters. The molecule has 30 heavy (non-hydrogen) atoms. The molecule has 0 fully saturated rings. The minimum absolute atomic E-state index is 0.129. The third-order valence-corrected chi connectivity index (χ3v) is 4.88. The number of esters is 1. The number of anilines is 2. The minimum atomic E-state index is -0.547. The van der Waals surface area contributed by atoms with Crippen molar-refractivity contribution in [1.29, 1.82) is 0 Å². The van der Waals surface area contributed by atoms with Crippen LogP contribution in [0, 0.1) is 0 Å². The fourth-order valence-electron chi connectivity index (χ4n) is 2.44. The van der Waals surface area contributed by atoms with Crippen molar-refractivity contribution in [3.63, 3.8) is 0 Å². The van der Waals surface area contributed by atoms with Crippen LogP contribution in [-0.2, 0) is 4.74 Å². The SMILES string of the molecule is CCOC(=O)c1ccc(NC(=O)Nc2nnc(-c3cc(Cl)cc(OC)c3O)s2)cc1. The van der Waals surface area contributed by atoms with Crippen LogP contribution in [0.5, 0.6) is 11.5 Å². The predicted molar refractivity (Wildman–Crippen MR) is 114 cm³/mol. The first-order chi connectivity index (χ1) is 14.4. The van der Waals surface area contributed by atoms with Crippen LogP contribution < -0.4 is 15.4 Å². The molecule has 0 saturated carbocycles. The lowest BCUT2D eigenvalue weighted by Gasteiger charge is -2.07. The number of halogens is 1. The number of phenolic OH excluding ortho intramolecular Hbond substituents is 1. The highest BCUT2D eigenvalue weighted by Gasteiger charge is 2.17. The molecule has 2 aromatic carbocycles. The van der Waals surface area contributed by atoms with E-state index in [2.05, 4.69) is 20.8 Å². The van der Waals surface area contributed by atoms with Gasteiger partial charge in [-0.3, -0.25) is 5.32 Å². The minimum Gasteiger partial charge on any atom is -0.504 e. The quantitative estimate of drug-likeness (QED) is 0.478. The Morgan fingerprint density at radius 2 is 1.90 bits per heavy atom. The molecule has 0 spiro atoms. The number of rotatable bonds is 6. The predicted octanol–water partition coefficient (Wildman–Crippen LogP) is 4.39. The summed E-state index contributed by atoms with van der Waals surface area (Å²) in [4.78, 5) is 23.9. The van der Waals surface area contributed by atoms with E-state index in [1.807, 2.05) is 0 Å². The number of carbonyl (C=O) groups excluding carboxylic acids is 2. The summed E-state index contributed by atoms with van der Waals surface area (Å²) in [6.45, 7) is 2.01. The molecule has 3 N–H and O–H groups in total. The maximum absolute atomic E-state index is 12.2. The molecule has 1 aromatic heterocycles. The Balaban J connectivity index is 1.67. The Morgan fingerprint density at radius 1 is 1.17 bits per heavy atom. The van der Waals surface area contributed by atoms with E-state index < -0.39 is 12.0 Å². The van der Waals surface area contributed by atoms with Crippen LogP contribution in [0.4, 0.5) is 15.6 Å². The van der Waals surface area contributed by atoms with Crippen molar-refractivity contribution in [1.82, 2.24) is 10.2 Å². The number of aromatic hydroxyl groups is 1. The molecule has 1 heterocycles. The standard InChI is InChI=1S/C19H17ClN4O5S/c1-3-29-17(26)10-4-6-12(7-5-10)21-18(27)22-19-24-23-16(30-19)13-8-11(20)9-14(28-2)15(13)25/h4-9,25H,3H2,1-2H3,(H2,21,22,24,27). The summed E-state index contributed by atoms with van der Waals surface area (Å²) in [5, 5.41) is 24.2.